The molecule has 1 saturated heterocycles. The summed E-state index contributed by atoms with van der Waals surface area (Å²) in [4.78, 5) is 22.0. The molecule has 1 fully saturated rings. The number of aryl methyl sites for hydroxylation is 1. The Bertz CT molecular complexity index is 1040. The van der Waals surface area contributed by atoms with Crippen molar-refractivity contribution in [3.05, 3.63) is 46.1 Å². The number of nitrogen functional groups attached to an aromatic ring is 1. The Kier molecular flexibility index (Phi) is 4.87. The van der Waals surface area contributed by atoms with Crippen molar-refractivity contribution in [3.8, 4) is 22.8 Å². The molecule has 0 radical (unpaired) electrons. The van der Waals surface area contributed by atoms with E-state index >= 15 is 0 Å². The van der Waals surface area contributed by atoms with Gasteiger partial charge in [-0.05, 0) is 49.9 Å². The van der Waals surface area contributed by atoms with Crippen LogP contribution in [0.15, 0.2) is 34.9 Å². The van der Waals surface area contributed by atoms with E-state index in [4.69, 9.17) is 10.3 Å². The van der Waals surface area contributed by atoms with Crippen LogP contribution in [0.5, 0.6) is 0 Å². The summed E-state index contributed by atoms with van der Waals surface area (Å²) in [5.74, 6) is 1.45. The van der Waals surface area contributed by atoms with Gasteiger partial charge in [0.05, 0.1) is 4.92 Å². The second kappa shape index (κ2) is 7.50. The highest BCUT2D eigenvalue weighted by Crippen LogP contribution is 2.35. The largest absolute Gasteiger partial charge is 0.384 e. The summed E-state index contributed by atoms with van der Waals surface area (Å²) in [7, 11) is 0. The molecular weight excluding hydrogens is 372 g/mol. The summed E-state index contributed by atoms with van der Waals surface area (Å²) in [6.45, 7) is 5.62. The minimum atomic E-state index is -0.359. The highest BCUT2D eigenvalue weighted by Gasteiger charge is 2.25. The van der Waals surface area contributed by atoms with Crippen LogP contribution in [0.2, 0.25) is 0 Å². The quantitative estimate of drug-likeness (QED) is 0.523. The Balaban J connectivity index is 1.68. The SMILES string of the molecule is Cc1cc(-c2noc(-c3ccc(N4CCCC(C)C4)c([N+](=O)[O-])c3)n2)cc(N)n1. The summed E-state index contributed by atoms with van der Waals surface area (Å²) < 4.78 is 5.36. The zero-order chi connectivity index (χ0) is 20.5. The van der Waals surface area contributed by atoms with Crippen LogP contribution in [0.3, 0.4) is 0 Å². The van der Waals surface area contributed by atoms with E-state index in [1.807, 2.05) is 6.92 Å². The van der Waals surface area contributed by atoms with Crippen molar-refractivity contribution in [1.82, 2.24) is 15.1 Å². The van der Waals surface area contributed by atoms with E-state index in [0.29, 0.717) is 34.4 Å². The predicted molar refractivity (Wildman–Crippen MR) is 109 cm³/mol. The Labute approximate surface area is 167 Å². The molecule has 1 aliphatic rings. The first-order chi connectivity index (χ1) is 13.9. The summed E-state index contributed by atoms with van der Waals surface area (Å²) in [6, 6.07) is 8.51. The standard InChI is InChI=1S/C20H22N6O3/c1-12-4-3-7-25(11-12)16-6-5-14(9-17(16)26(27)28)20-23-19(24-29-20)15-8-13(2)22-18(21)10-15/h5-6,8-10,12H,3-4,7,11H2,1-2H3,(H2,21,22). The van der Waals surface area contributed by atoms with E-state index < -0.39 is 0 Å². The molecule has 1 aliphatic heterocycles. The number of hydrogen-bond acceptors (Lipinski definition) is 8. The molecule has 1 aromatic carbocycles. The summed E-state index contributed by atoms with van der Waals surface area (Å²) >= 11 is 0. The molecule has 1 unspecified atom stereocenters. The van der Waals surface area contributed by atoms with Gasteiger partial charge in [-0.3, -0.25) is 10.1 Å². The van der Waals surface area contributed by atoms with Crippen LogP contribution < -0.4 is 10.6 Å². The number of rotatable bonds is 4. The third kappa shape index (κ3) is 3.89. The van der Waals surface area contributed by atoms with Crippen LogP contribution in [0.4, 0.5) is 17.2 Å². The van der Waals surface area contributed by atoms with Crippen LogP contribution in [-0.4, -0.2) is 33.1 Å². The van der Waals surface area contributed by atoms with Gasteiger partial charge in [0, 0.05) is 36.0 Å². The van der Waals surface area contributed by atoms with Crippen LogP contribution in [-0.2, 0) is 0 Å². The average molecular weight is 394 g/mol. The Morgan fingerprint density at radius 1 is 1.24 bits per heavy atom. The summed E-state index contributed by atoms with van der Waals surface area (Å²) in [6.07, 6.45) is 2.17. The number of pyridine rings is 1. The van der Waals surface area contributed by atoms with E-state index in [1.54, 1.807) is 24.3 Å². The fourth-order valence-corrected chi connectivity index (χ4v) is 3.76. The first-order valence-electron chi connectivity index (χ1n) is 9.52. The molecule has 9 nitrogen and oxygen atoms in total. The molecule has 29 heavy (non-hydrogen) atoms. The van der Waals surface area contributed by atoms with Gasteiger partial charge < -0.3 is 15.2 Å². The molecular formula is C20H22N6O3. The summed E-state index contributed by atoms with van der Waals surface area (Å²) in [5, 5.41) is 15.7. The minimum Gasteiger partial charge on any atom is -0.384 e. The Hall–Kier alpha value is -3.49. The fraction of sp³-hybridized carbons (Fsp3) is 0.350. The normalized spacial score (nSPS) is 16.8. The van der Waals surface area contributed by atoms with Gasteiger partial charge >= 0.3 is 0 Å². The van der Waals surface area contributed by atoms with Crippen molar-refractivity contribution in [1.29, 1.82) is 0 Å². The van der Waals surface area contributed by atoms with Gasteiger partial charge in [-0.25, -0.2) is 4.98 Å². The number of anilines is 2. The molecule has 1 atom stereocenters. The molecule has 150 valence electrons. The lowest BCUT2D eigenvalue weighted by Crippen LogP contribution is -2.34. The number of nitro groups is 1. The van der Waals surface area contributed by atoms with Gasteiger partial charge in [0.2, 0.25) is 5.82 Å². The number of piperidine rings is 1. The number of nitro benzene ring substituents is 1. The van der Waals surface area contributed by atoms with Crippen LogP contribution in [0, 0.1) is 23.0 Å². The lowest BCUT2D eigenvalue weighted by molar-refractivity contribution is -0.384. The van der Waals surface area contributed by atoms with Crippen LogP contribution in [0.25, 0.3) is 22.8 Å². The van der Waals surface area contributed by atoms with Crippen molar-refractivity contribution < 1.29 is 9.45 Å². The molecule has 0 aliphatic carbocycles. The van der Waals surface area contributed by atoms with E-state index in [0.717, 1.165) is 31.6 Å². The zero-order valence-corrected chi connectivity index (χ0v) is 16.3. The molecule has 3 heterocycles. The maximum atomic E-state index is 11.7. The third-order valence-corrected chi connectivity index (χ3v) is 5.07. The molecule has 4 rings (SSSR count). The molecule has 0 spiro atoms. The highest BCUT2D eigenvalue weighted by molar-refractivity contribution is 5.72. The minimum absolute atomic E-state index is 0.0420. The van der Waals surface area contributed by atoms with Crippen molar-refractivity contribution in [3.63, 3.8) is 0 Å². The van der Waals surface area contributed by atoms with Gasteiger partial charge in [-0.15, -0.1) is 0 Å². The van der Waals surface area contributed by atoms with E-state index in [1.165, 1.54) is 6.07 Å². The molecule has 0 amide bonds. The van der Waals surface area contributed by atoms with Crippen LogP contribution >= 0.6 is 0 Å². The lowest BCUT2D eigenvalue weighted by Gasteiger charge is -2.32. The molecule has 0 saturated carbocycles. The third-order valence-electron chi connectivity index (χ3n) is 5.07. The maximum absolute atomic E-state index is 11.7. The smallest absolute Gasteiger partial charge is 0.293 e. The van der Waals surface area contributed by atoms with E-state index in [2.05, 4.69) is 26.9 Å². The lowest BCUT2D eigenvalue weighted by atomic mass is 9.99. The number of nitrogens with two attached hydrogens (primary N) is 1. The monoisotopic (exact) mass is 394 g/mol. The molecule has 0 bridgehead atoms. The number of benzene rings is 1. The van der Waals surface area contributed by atoms with Gasteiger partial charge in [0.15, 0.2) is 0 Å². The zero-order valence-electron chi connectivity index (χ0n) is 16.3. The number of hydrogen-bond donors (Lipinski definition) is 1. The molecule has 2 N–H and O–H groups in total. The Morgan fingerprint density at radius 3 is 2.79 bits per heavy atom. The first-order valence-corrected chi connectivity index (χ1v) is 9.52. The second-order valence-corrected chi connectivity index (χ2v) is 7.50. The molecule has 3 aromatic rings. The van der Waals surface area contributed by atoms with Crippen molar-refractivity contribution in [2.75, 3.05) is 23.7 Å². The fourth-order valence-electron chi connectivity index (χ4n) is 3.76. The maximum Gasteiger partial charge on any atom is 0.293 e. The van der Waals surface area contributed by atoms with Crippen molar-refractivity contribution in [2.45, 2.75) is 26.7 Å². The van der Waals surface area contributed by atoms with Gasteiger partial charge in [-0.1, -0.05) is 12.1 Å². The van der Waals surface area contributed by atoms with E-state index in [9.17, 15) is 10.1 Å². The predicted octanol–water partition coefficient (Wildman–Crippen LogP) is 3.83. The topological polar surface area (TPSA) is 124 Å². The number of aromatic nitrogens is 3. The number of nitrogens with zero attached hydrogens (tertiary/aromatic N) is 5. The van der Waals surface area contributed by atoms with Crippen LogP contribution in [0.1, 0.15) is 25.5 Å². The van der Waals surface area contributed by atoms with Gasteiger partial charge in [0.25, 0.3) is 11.6 Å². The van der Waals surface area contributed by atoms with Gasteiger partial charge in [-0.2, -0.15) is 4.98 Å². The van der Waals surface area contributed by atoms with Crippen molar-refractivity contribution >= 4 is 17.2 Å². The van der Waals surface area contributed by atoms with Gasteiger partial charge in [0.1, 0.15) is 11.5 Å². The average Bonchev–Trinajstić information content (AvgIpc) is 3.17. The summed E-state index contributed by atoms with van der Waals surface area (Å²) in [5.41, 5.74) is 8.38. The van der Waals surface area contributed by atoms with Crippen molar-refractivity contribution in [2.24, 2.45) is 5.92 Å². The Morgan fingerprint density at radius 2 is 2.07 bits per heavy atom. The first kappa shape index (κ1) is 18.9. The highest BCUT2D eigenvalue weighted by atomic mass is 16.6. The molecule has 2 aromatic heterocycles. The second-order valence-electron chi connectivity index (χ2n) is 7.50. The molecule has 9 heteroatoms. The van der Waals surface area contributed by atoms with E-state index in [-0.39, 0.29) is 16.5 Å².